The van der Waals surface area contributed by atoms with E-state index in [9.17, 15) is 4.91 Å². The molecule has 0 spiro atoms. The van der Waals surface area contributed by atoms with Crippen molar-refractivity contribution in [1.82, 2.24) is 41.4 Å². The van der Waals surface area contributed by atoms with Gasteiger partial charge in [-0.1, -0.05) is 24.3 Å². The zero-order valence-corrected chi connectivity index (χ0v) is 23.6. The van der Waals surface area contributed by atoms with Crippen LogP contribution in [0.3, 0.4) is 0 Å². The lowest BCUT2D eigenvalue weighted by Crippen LogP contribution is -2.37. The van der Waals surface area contributed by atoms with Gasteiger partial charge in [0.15, 0.2) is 0 Å². The summed E-state index contributed by atoms with van der Waals surface area (Å²) in [5.74, 6) is 0. The first-order valence-electron chi connectivity index (χ1n) is 15.0. The largest absolute Gasteiger partial charge is 0.315 e. The molecular weight excluding hydrogens is 478 g/mol. The Morgan fingerprint density at radius 2 is 0.947 bits per heavy atom. The second kappa shape index (κ2) is 20.3. The molecule has 0 aliphatic carbocycles. The Kier molecular flexibility index (Phi) is 16.5. The third-order valence-corrected chi connectivity index (χ3v) is 7.32. The Morgan fingerprint density at radius 1 is 0.500 bits per heavy atom. The number of benzene rings is 1. The van der Waals surface area contributed by atoms with Gasteiger partial charge >= 0.3 is 0 Å². The second-order valence-electron chi connectivity index (χ2n) is 10.6. The second-order valence-corrected chi connectivity index (χ2v) is 10.6. The van der Waals surface area contributed by atoms with E-state index >= 15 is 0 Å². The maximum absolute atomic E-state index is 11.2. The Morgan fingerprint density at radius 3 is 1.47 bits per heavy atom. The third kappa shape index (κ3) is 13.9. The highest BCUT2D eigenvalue weighted by Gasteiger charge is 2.11. The SMILES string of the molecule is O=NN1CCCN(Cc2ccc(CN3CCCNCCNCCCNCC3)cc2)CCNCCCNCC1. The highest BCUT2D eigenvalue weighted by Crippen LogP contribution is 2.11. The van der Waals surface area contributed by atoms with Crippen molar-refractivity contribution in [2.75, 3.05) is 105 Å². The van der Waals surface area contributed by atoms with Crippen LogP contribution in [-0.4, -0.2) is 120 Å². The van der Waals surface area contributed by atoms with Crippen molar-refractivity contribution in [2.24, 2.45) is 5.29 Å². The van der Waals surface area contributed by atoms with E-state index in [4.69, 9.17) is 0 Å². The molecule has 0 aromatic heterocycles. The first-order valence-corrected chi connectivity index (χ1v) is 15.0. The van der Waals surface area contributed by atoms with Gasteiger partial charge in [-0.25, -0.2) is 0 Å². The van der Waals surface area contributed by atoms with Crippen LogP contribution in [0.5, 0.6) is 0 Å². The van der Waals surface area contributed by atoms with Gasteiger partial charge in [-0.3, -0.25) is 14.8 Å². The minimum atomic E-state index is 0.680. The molecule has 2 saturated heterocycles. The van der Waals surface area contributed by atoms with Gasteiger partial charge in [0, 0.05) is 72.0 Å². The van der Waals surface area contributed by atoms with Crippen LogP contribution in [0.15, 0.2) is 29.6 Å². The number of nitrogens with one attached hydrogen (secondary N) is 5. The minimum Gasteiger partial charge on any atom is -0.315 e. The summed E-state index contributed by atoms with van der Waals surface area (Å²) in [5.41, 5.74) is 2.74. The molecule has 3 rings (SSSR count). The molecule has 1 aromatic carbocycles. The minimum absolute atomic E-state index is 0.680. The smallest absolute Gasteiger partial charge is 0.0524 e. The molecule has 2 aliphatic heterocycles. The first kappa shape index (κ1) is 30.9. The molecule has 0 saturated carbocycles. The van der Waals surface area contributed by atoms with Crippen LogP contribution in [-0.2, 0) is 13.1 Å². The van der Waals surface area contributed by atoms with E-state index in [1.165, 1.54) is 24.0 Å². The molecule has 2 fully saturated rings. The normalized spacial score (nSPS) is 22.3. The summed E-state index contributed by atoms with van der Waals surface area (Å²) in [5, 5.41) is 22.5. The Bertz CT molecular complexity index is 707. The van der Waals surface area contributed by atoms with Crippen molar-refractivity contribution in [3.8, 4) is 0 Å². The fourth-order valence-corrected chi connectivity index (χ4v) is 5.07. The molecule has 5 N–H and O–H groups in total. The quantitative estimate of drug-likeness (QED) is 0.354. The van der Waals surface area contributed by atoms with Gasteiger partial charge in [0.05, 0.1) is 11.8 Å². The molecule has 10 heteroatoms. The van der Waals surface area contributed by atoms with E-state index in [-0.39, 0.29) is 0 Å². The third-order valence-electron chi connectivity index (χ3n) is 7.32. The van der Waals surface area contributed by atoms with E-state index in [0.717, 1.165) is 118 Å². The van der Waals surface area contributed by atoms with E-state index < -0.39 is 0 Å². The molecule has 0 radical (unpaired) electrons. The lowest BCUT2D eigenvalue weighted by Gasteiger charge is -2.25. The molecule has 38 heavy (non-hydrogen) atoms. The van der Waals surface area contributed by atoms with Crippen LogP contribution in [0.2, 0.25) is 0 Å². The molecule has 0 unspecified atom stereocenters. The van der Waals surface area contributed by atoms with Gasteiger partial charge in [-0.05, 0) is 76.1 Å². The number of hydrogen-bond acceptors (Lipinski definition) is 9. The van der Waals surface area contributed by atoms with Gasteiger partial charge < -0.3 is 26.6 Å². The predicted molar refractivity (Wildman–Crippen MR) is 157 cm³/mol. The van der Waals surface area contributed by atoms with Gasteiger partial charge in [0.25, 0.3) is 0 Å². The topological polar surface area (TPSA) is 99.3 Å². The zero-order chi connectivity index (χ0) is 26.5. The summed E-state index contributed by atoms with van der Waals surface area (Å²) in [6, 6.07) is 9.23. The van der Waals surface area contributed by atoms with Gasteiger partial charge in [-0.15, -0.1) is 4.91 Å². The zero-order valence-electron chi connectivity index (χ0n) is 23.6. The highest BCUT2D eigenvalue weighted by atomic mass is 16.3. The van der Waals surface area contributed by atoms with Crippen molar-refractivity contribution in [3.63, 3.8) is 0 Å². The molecular formula is C28H53N9O. The number of nitroso groups, excluding NO2 is 1. The summed E-state index contributed by atoms with van der Waals surface area (Å²) < 4.78 is 0. The predicted octanol–water partition coefficient (Wildman–Crippen LogP) is 0.810. The molecule has 2 aliphatic rings. The fourth-order valence-electron chi connectivity index (χ4n) is 5.07. The summed E-state index contributed by atoms with van der Waals surface area (Å²) in [6.07, 6.45) is 4.39. The maximum atomic E-state index is 11.2. The standard InChI is InChI=1S/C28H53N9O/c38-34-37-21-4-20-36(23-17-32-11-2-12-33-18-24-37)26-28-7-5-27(6-8-28)25-35-19-3-13-30-15-14-29-9-1-10-31-16-22-35/h5-8,29-33H,1-4,9-26H2. The molecule has 0 bridgehead atoms. The molecule has 2 heterocycles. The van der Waals surface area contributed by atoms with Crippen molar-refractivity contribution in [3.05, 3.63) is 40.3 Å². The average molecular weight is 532 g/mol. The van der Waals surface area contributed by atoms with Gasteiger partial charge in [-0.2, -0.15) is 0 Å². The lowest BCUT2D eigenvalue weighted by molar-refractivity contribution is 0.222. The van der Waals surface area contributed by atoms with E-state index in [1.807, 2.05) is 0 Å². The van der Waals surface area contributed by atoms with Crippen LogP contribution < -0.4 is 26.6 Å². The van der Waals surface area contributed by atoms with Crippen LogP contribution in [0, 0.1) is 4.91 Å². The summed E-state index contributed by atoms with van der Waals surface area (Å²) in [4.78, 5) is 16.3. The van der Waals surface area contributed by atoms with Crippen LogP contribution >= 0.6 is 0 Å². The molecule has 0 amide bonds. The number of hydrogen-bond donors (Lipinski definition) is 5. The number of rotatable bonds is 5. The van der Waals surface area contributed by atoms with E-state index in [1.54, 1.807) is 5.01 Å². The Balaban J connectivity index is 1.48. The summed E-state index contributed by atoms with van der Waals surface area (Å²) >= 11 is 0. The number of nitrogens with zero attached hydrogens (tertiary/aromatic N) is 4. The lowest BCUT2D eigenvalue weighted by atomic mass is 10.1. The van der Waals surface area contributed by atoms with Crippen molar-refractivity contribution < 1.29 is 0 Å². The van der Waals surface area contributed by atoms with Crippen LogP contribution in [0.4, 0.5) is 0 Å². The van der Waals surface area contributed by atoms with Crippen molar-refractivity contribution in [2.45, 2.75) is 38.8 Å². The van der Waals surface area contributed by atoms with Crippen LogP contribution in [0.1, 0.15) is 36.8 Å². The van der Waals surface area contributed by atoms with Crippen molar-refractivity contribution >= 4 is 0 Å². The Hall–Kier alpha value is -1.66. The van der Waals surface area contributed by atoms with Gasteiger partial charge in [0.1, 0.15) is 0 Å². The summed E-state index contributed by atoms with van der Waals surface area (Å²) in [6.45, 7) is 17.7. The Labute approximate surface area is 230 Å². The summed E-state index contributed by atoms with van der Waals surface area (Å²) in [7, 11) is 0. The molecule has 216 valence electrons. The van der Waals surface area contributed by atoms with Gasteiger partial charge in [0.2, 0.25) is 0 Å². The molecule has 0 atom stereocenters. The highest BCUT2D eigenvalue weighted by molar-refractivity contribution is 5.22. The molecule has 1 aromatic rings. The maximum Gasteiger partial charge on any atom is 0.0524 e. The van der Waals surface area contributed by atoms with E-state index in [2.05, 4.69) is 65.9 Å². The van der Waals surface area contributed by atoms with Crippen molar-refractivity contribution in [1.29, 1.82) is 0 Å². The monoisotopic (exact) mass is 531 g/mol. The molecule has 10 nitrogen and oxygen atoms in total. The van der Waals surface area contributed by atoms with Crippen LogP contribution in [0.25, 0.3) is 0 Å². The first-order chi connectivity index (χ1) is 18.8. The fraction of sp³-hybridized carbons (Fsp3) is 0.786. The van der Waals surface area contributed by atoms with E-state index in [0.29, 0.717) is 13.1 Å². The average Bonchev–Trinajstić information content (AvgIpc) is 2.93.